The minimum Gasteiger partial charge on any atom is -0.550 e. The van der Waals surface area contributed by atoms with Gasteiger partial charge in [0.1, 0.15) is 0 Å². The minimum absolute atomic E-state index is 0.326. The van der Waals surface area contributed by atoms with Gasteiger partial charge in [-0.05, 0) is 49.6 Å². The van der Waals surface area contributed by atoms with Crippen LogP contribution in [0.3, 0.4) is 0 Å². The number of hydrogen-bond acceptors (Lipinski definition) is 3. The molecule has 0 fully saturated rings. The number of amides is 1. The summed E-state index contributed by atoms with van der Waals surface area (Å²) in [6.45, 7) is 1.97. The molecule has 0 aliphatic rings. The molecule has 4 nitrogen and oxygen atoms in total. The summed E-state index contributed by atoms with van der Waals surface area (Å²) < 4.78 is 0. The number of rotatable bonds is 6. The molecule has 0 saturated carbocycles. The smallest absolute Gasteiger partial charge is 0.228 e. The Bertz CT molecular complexity index is 680. The van der Waals surface area contributed by atoms with Crippen LogP contribution in [-0.4, -0.2) is 11.9 Å². The van der Waals surface area contributed by atoms with Gasteiger partial charge in [0.2, 0.25) is 5.91 Å². The second kappa shape index (κ2) is 7.79. The molecule has 2 aromatic rings. The predicted octanol–water partition coefficient (Wildman–Crippen LogP) is 2.59. The van der Waals surface area contributed by atoms with E-state index in [9.17, 15) is 14.7 Å². The van der Waals surface area contributed by atoms with Crippen molar-refractivity contribution in [1.29, 1.82) is 0 Å². The summed E-state index contributed by atoms with van der Waals surface area (Å²) in [5.74, 6) is -2.29. The van der Waals surface area contributed by atoms with Gasteiger partial charge in [0.15, 0.2) is 0 Å². The van der Waals surface area contributed by atoms with Crippen LogP contribution in [0.4, 0.5) is 5.69 Å². The quantitative estimate of drug-likeness (QED) is 0.885. The van der Waals surface area contributed by atoms with Crippen molar-refractivity contribution < 1.29 is 14.7 Å². The van der Waals surface area contributed by atoms with Gasteiger partial charge in [0, 0.05) is 22.6 Å². The summed E-state index contributed by atoms with van der Waals surface area (Å²) in [6, 6.07) is 14.3. The van der Waals surface area contributed by atoms with Crippen LogP contribution in [-0.2, 0) is 16.0 Å². The molecule has 1 atom stereocenters. The Morgan fingerprint density at radius 3 is 2.26 bits per heavy atom. The van der Waals surface area contributed by atoms with Crippen LogP contribution in [0.1, 0.15) is 17.5 Å². The molecule has 0 saturated heterocycles. The van der Waals surface area contributed by atoms with Crippen molar-refractivity contribution in [1.82, 2.24) is 0 Å². The number of carbonyl (C=O) groups excluding carboxylic acids is 2. The molecule has 1 N–H and O–H groups in total. The maximum absolute atomic E-state index is 12.4. The van der Waals surface area contributed by atoms with Crippen LogP contribution in [0.25, 0.3) is 0 Å². The molecule has 2 rings (SSSR count). The lowest BCUT2D eigenvalue weighted by Crippen LogP contribution is -2.32. The van der Waals surface area contributed by atoms with Gasteiger partial charge >= 0.3 is 0 Å². The van der Waals surface area contributed by atoms with E-state index in [-0.39, 0.29) is 12.3 Å². The molecule has 0 aromatic heterocycles. The van der Waals surface area contributed by atoms with E-state index >= 15 is 0 Å². The van der Waals surface area contributed by atoms with Crippen molar-refractivity contribution in [2.75, 3.05) is 5.32 Å². The molecular formula is C18H17ClNO3-. The molecule has 2 aromatic carbocycles. The molecule has 0 radical (unpaired) electrons. The third-order valence-corrected chi connectivity index (χ3v) is 3.75. The molecule has 0 aliphatic heterocycles. The number of hydrogen-bond donors (Lipinski definition) is 1. The Morgan fingerprint density at radius 2 is 1.70 bits per heavy atom. The second-order valence-electron chi connectivity index (χ2n) is 5.46. The Labute approximate surface area is 140 Å². The Hall–Kier alpha value is -2.33. The number of aryl methyl sites for hydroxylation is 1. The normalized spacial score (nSPS) is 11.7. The van der Waals surface area contributed by atoms with E-state index < -0.39 is 11.9 Å². The average Bonchev–Trinajstić information content (AvgIpc) is 2.50. The van der Waals surface area contributed by atoms with Crippen molar-refractivity contribution >= 4 is 29.2 Å². The zero-order valence-corrected chi connectivity index (χ0v) is 13.5. The van der Waals surface area contributed by atoms with E-state index in [1.165, 1.54) is 0 Å². The molecule has 5 heteroatoms. The highest BCUT2D eigenvalue weighted by atomic mass is 35.5. The Kier molecular flexibility index (Phi) is 5.77. The summed E-state index contributed by atoms with van der Waals surface area (Å²) in [4.78, 5) is 23.3. The van der Waals surface area contributed by atoms with E-state index in [0.717, 1.165) is 11.1 Å². The summed E-state index contributed by atoms with van der Waals surface area (Å²) >= 11 is 5.80. The van der Waals surface area contributed by atoms with Crippen LogP contribution in [0, 0.1) is 12.8 Å². The summed E-state index contributed by atoms with van der Waals surface area (Å²) in [6.07, 6.45) is 0.0149. The van der Waals surface area contributed by atoms with E-state index in [4.69, 9.17) is 11.6 Å². The fraction of sp³-hybridized carbons (Fsp3) is 0.222. The standard InChI is InChI=1S/C18H18ClNO3/c1-12-2-4-13(5-3-12)10-14(11-17(21)22)18(23)20-16-8-6-15(19)7-9-16/h2-9,14H,10-11H2,1H3,(H,20,23)(H,21,22)/p-1/t14-/m1/s1. The van der Waals surface area contributed by atoms with Crippen LogP contribution in [0.5, 0.6) is 0 Å². The number of carboxylic acid groups (broad SMARTS) is 1. The third kappa shape index (κ3) is 5.42. The first kappa shape index (κ1) is 17.0. The maximum Gasteiger partial charge on any atom is 0.228 e. The maximum atomic E-state index is 12.4. The number of benzene rings is 2. The molecule has 0 spiro atoms. The van der Waals surface area contributed by atoms with Crippen LogP contribution in [0.2, 0.25) is 5.02 Å². The van der Waals surface area contributed by atoms with E-state index in [0.29, 0.717) is 17.1 Å². The van der Waals surface area contributed by atoms with Crippen molar-refractivity contribution in [3.05, 3.63) is 64.7 Å². The highest BCUT2D eigenvalue weighted by molar-refractivity contribution is 6.30. The van der Waals surface area contributed by atoms with Gasteiger partial charge in [0.25, 0.3) is 0 Å². The predicted molar refractivity (Wildman–Crippen MR) is 88.1 cm³/mol. The minimum atomic E-state index is -1.24. The first-order valence-electron chi connectivity index (χ1n) is 7.26. The lowest BCUT2D eigenvalue weighted by molar-refractivity contribution is -0.306. The first-order chi connectivity index (χ1) is 10.9. The first-order valence-corrected chi connectivity index (χ1v) is 7.63. The molecule has 23 heavy (non-hydrogen) atoms. The van der Waals surface area contributed by atoms with Crippen LogP contribution < -0.4 is 10.4 Å². The summed E-state index contributed by atoms with van der Waals surface area (Å²) in [5.41, 5.74) is 2.59. The highest BCUT2D eigenvalue weighted by Crippen LogP contribution is 2.18. The number of anilines is 1. The summed E-state index contributed by atoms with van der Waals surface area (Å²) in [7, 11) is 0. The molecule has 0 heterocycles. The van der Waals surface area contributed by atoms with Gasteiger partial charge in [0.05, 0.1) is 0 Å². The van der Waals surface area contributed by atoms with Gasteiger partial charge < -0.3 is 15.2 Å². The van der Waals surface area contributed by atoms with Crippen molar-refractivity contribution in [3.8, 4) is 0 Å². The number of carbonyl (C=O) groups is 2. The summed E-state index contributed by atoms with van der Waals surface area (Å²) in [5, 5.41) is 14.2. The van der Waals surface area contributed by atoms with Gasteiger partial charge in [-0.3, -0.25) is 4.79 Å². The fourth-order valence-corrected chi connectivity index (χ4v) is 2.37. The largest absolute Gasteiger partial charge is 0.550 e. The van der Waals surface area contributed by atoms with E-state index in [1.54, 1.807) is 24.3 Å². The SMILES string of the molecule is Cc1ccc(C[C@H](CC(=O)[O-])C(=O)Nc2ccc(Cl)cc2)cc1. The molecule has 0 bridgehead atoms. The topological polar surface area (TPSA) is 69.2 Å². The Morgan fingerprint density at radius 1 is 1.09 bits per heavy atom. The van der Waals surface area contributed by atoms with Crippen molar-refractivity contribution in [2.24, 2.45) is 5.92 Å². The van der Waals surface area contributed by atoms with Crippen LogP contribution in [0.15, 0.2) is 48.5 Å². The fourth-order valence-electron chi connectivity index (χ4n) is 2.24. The number of halogens is 1. The number of carboxylic acids is 1. The van der Waals surface area contributed by atoms with Crippen molar-refractivity contribution in [3.63, 3.8) is 0 Å². The van der Waals surface area contributed by atoms with E-state index in [2.05, 4.69) is 5.32 Å². The molecule has 1 amide bonds. The zero-order valence-electron chi connectivity index (χ0n) is 12.7. The van der Waals surface area contributed by atoms with Gasteiger partial charge in [-0.2, -0.15) is 0 Å². The molecule has 0 aliphatic carbocycles. The molecular weight excluding hydrogens is 314 g/mol. The lowest BCUT2D eigenvalue weighted by atomic mass is 9.94. The van der Waals surface area contributed by atoms with Crippen LogP contribution >= 0.6 is 11.6 Å². The monoisotopic (exact) mass is 330 g/mol. The second-order valence-corrected chi connectivity index (χ2v) is 5.90. The van der Waals surface area contributed by atoms with Gasteiger partial charge in [-0.1, -0.05) is 41.4 Å². The molecule has 120 valence electrons. The van der Waals surface area contributed by atoms with Crippen molar-refractivity contribution in [2.45, 2.75) is 19.8 Å². The average molecular weight is 331 g/mol. The third-order valence-electron chi connectivity index (χ3n) is 3.50. The van der Waals surface area contributed by atoms with Gasteiger partial charge in [-0.15, -0.1) is 0 Å². The number of nitrogens with one attached hydrogen (secondary N) is 1. The molecule has 0 unspecified atom stereocenters. The highest BCUT2D eigenvalue weighted by Gasteiger charge is 2.19. The van der Waals surface area contributed by atoms with Gasteiger partial charge in [-0.25, -0.2) is 0 Å². The zero-order chi connectivity index (χ0) is 16.8. The Balaban J connectivity index is 2.09. The van der Waals surface area contributed by atoms with E-state index in [1.807, 2.05) is 31.2 Å². The number of aliphatic carboxylic acids is 1. The lowest BCUT2D eigenvalue weighted by Gasteiger charge is -2.17.